The van der Waals surface area contributed by atoms with Crippen molar-refractivity contribution in [3.63, 3.8) is 0 Å². The predicted octanol–water partition coefficient (Wildman–Crippen LogP) is 2.62. The van der Waals surface area contributed by atoms with E-state index in [1.54, 1.807) is 0 Å². The Bertz CT molecular complexity index is 1380. The average Bonchev–Trinajstić information content (AvgIpc) is 2.59. The molecule has 3 aromatic carbocycles. The third-order valence-electron chi connectivity index (χ3n) is 3.89. The Kier molecular flexibility index (Phi) is 4.92. The third-order valence-corrected chi connectivity index (χ3v) is 5.62. The van der Waals surface area contributed by atoms with Crippen LogP contribution in [0.5, 0.6) is 5.75 Å². The first kappa shape index (κ1) is 20.5. The van der Waals surface area contributed by atoms with Crippen molar-refractivity contribution >= 4 is 53.8 Å². The molecule has 0 spiro atoms. The molecule has 7 N–H and O–H groups in total. The summed E-state index contributed by atoms with van der Waals surface area (Å²) in [5.41, 5.74) is 11.3. The van der Waals surface area contributed by atoms with Gasteiger partial charge in [-0.2, -0.15) is 16.8 Å². The van der Waals surface area contributed by atoms with Gasteiger partial charge in [0.25, 0.3) is 20.2 Å². The van der Waals surface area contributed by atoms with Crippen molar-refractivity contribution in [3.8, 4) is 5.75 Å². The van der Waals surface area contributed by atoms with Gasteiger partial charge < -0.3 is 16.6 Å². The number of aromatic hydroxyl groups is 1. The van der Waals surface area contributed by atoms with Crippen LogP contribution in [0.25, 0.3) is 10.8 Å². The number of nitrogens with two attached hydrogens (primary N) is 2. The molecule has 0 unspecified atom stereocenters. The zero-order chi connectivity index (χ0) is 21.6. The minimum absolute atomic E-state index is 0.0125. The zero-order valence-electron chi connectivity index (χ0n) is 14.4. The summed E-state index contributed by atoms with van der Waals surface area (Å²) in [6, 6.07) is 8.09. The quantitative estimate of drug-likeness (QED) is 0.230. The molecule has 0 amide bonds. The summed E-state index contributed by atoms with van der Waals surface area (Å²) in [5, 5.41) is 18.1. The highest BCUT2D eigenvalue weighted by atomic mass is 32.2. The van der Waals surface area contributed by atoms with Gasteiger partial charge in [-0.15, -0.1) is 10.2 Å². The van der Waals surface area contributed by atoms with Crippen LogP contribution in [0.2, 0.25) is 0 Å². The number of hydrogen-bond donors (Lipinski definition) is 5. The summed E-state index contributed by atoms with van der Waals surface area (Å²) >= 11 is 0. The van der Waals surface area contributed by atoms with Gasteiger partial charge in [0.2, 0.25) is 0 Å². The van der Waals surface area contributed by atoms with Gasteiger partial charge in [-0.3, -0.25) is 9.11 Å². The lowest BCUT2D eigenvalue weighted by atomic mass is 10.1. The fourth-order valence-electron chi connectivity index (χ4n) is 2.61. The normalized spacial score (nSPS) is 12.6. The molecule has 0 radical (unpaired) electrons. The molecule has 0 bridgehead atoms. The molecule has 13 heteroatoms. The monoisotopic (exact) mass is 438 g/mol. The highest BCUT2D eigenvalue weighted by molar-refractivity contribution is 7.86. The highest BCUT2D eigenvalue weighted by Gasteiger charge is 2.18. The molecule has 0 saturated heterocycles. The Hall–Kier alpha value is -3.26. The number of rotatable bonds is 4. The molecule has 29 heavy (non-hydrogen) atoms. The molecular weight excluding hydrogens is 424 g/mol. The fraction of sp³-hybridized carbons (Fsp3) is 0. The van der Waals surface area contributed by atoms with E-state index in [1.807, 2.05) is 0 Å². The summed E-state index contributed by atoms with van der Waals surface area (Å²) in [7, 11) is -9.20. The molecule has 3 rings (SSSR count). The van der Waals surface area contributed by atoms with Crippen molar-refractivity contribution < 1.29 is 31.0 Å². The van der Waals surface area contributed by atoms with Crippen LogP contribution in [0.15, 0.2) is 62.5 Å². The maximum Gasteiger partial charge on any atom is 0.296 e. The number of anilines is 2. The maximum atomic E-state index is 11.5. The molecular formula is C16H14N4O7S2. The van der Waals surface area contributed by atoms with E-state index < -0.39 is 35.8 Å². The largest absolute Gasteiger partial charge is 0.507 e. The molecule has 0 aliphatic carbocycles. The van der Waals surface area contributed by atoms with Gasteiger partial charge >= 0.3 is 0 Å². The van der Waals surface area contributed by atoms with Gasteiger partial charge in [0, 0.05) is 11.8 Å². The third kappa shape index (κ3) is 4.12. The van der Waals surface area contributed by atoms with Crippen LogP contribution in [0, 0.1) is 0 Å². The minimum Gasteiger partial charge on any atom is -0.507 e. The van der Waals surface area contributed by atoms with Gasteiger partial charge in [-0.05, 0) is 35.7 Å². The number of nitrogens with zero attached hydrogens (tertiary/aromatic N) is 2. The molecule has 0 heterocycles. The Morgan fingerprint density at radius 1 is 0.828 bits per heavy atom. The minimum atomic E-state index is -4.62. The van der Waals surface area contributed by atoms with Crippen LogP contribution in [0.3, 0.4) is 0 Å². The van der Waals surface area contributed by atoms with E-state index in [1.165, 1.54) is 18.2 Å². The lowest BCUT2D eigenvalue weighted by Crippen LogP contribution is -1.99. The van der Waals surface area contributed by atoms with E-state index in [4.69, 9.17) is 11.5 Å². The van der Waals surface area contributed by atoms with E-state index in [9.17, 15) is 31.0 Å². The fourth-order valence-corrected chi connectivity index (χ4v) is 3.75. The standard InChI is InChI=1S/C16H14N4O7S2/c17-9-2-4-14(29(25,26)27)12(6-9)19-20-16-11(18)3-1-8-5-10(28(22,23)24)7-13(21)15(8)16/h1-7,21H,17-18H2,(H,22,23,24)(H,25,26,27). The molecule has 0 saturated carbocycles. The Balaban J connectivity index is 2.25. The summed E-state index contributed by atoms with van der Waals surface area (Å²) in [4.78, 5) is -1.09. The van der Waals surface area contributed by atoms with E-state index in [0.717, 1.165) is 24.3 Å². The number of azo groups is 1. The molecule has 0 aliphatic rings. The second-order valence-electron chi connectivity index (χ2n) is 5.92. The van der Waals surface area contributed by atoms with E-state index >= 15 is 0 Å². The first-order valence-electron chi connectivity index (χ1n) is 7.69. The van der Waals surface area contributed by atoms with Crippen molar-refractivity contribution in [3.05, 3.63) is 42.5 Å². The Labute approximate surface area is 164 Å². The summed E-state index contributed by atoms with van der Waals surface area (Å²) in [6.45, 7) is 0. The first-order chi connectivity index (χ1) is 13.4. The molecule has 11 nitrogen and oxygen atoms in total. The first-order valence-corrected chi connectivity index (χ1v) is 10.6. The van der Waals surface area contributed by atoms with Crippen LogP contribution < -0.4 is 11.5 Å². The van der Waals surface area contributed by atoms with Gasteiger partial charge in [0.15, 0.2) is 0 Å². The number of phenols is 1. The second kappa shape index (κ2) is 6.97. The molecule has 152 valence electrons. The Morgan fingerprint density at radius 2 is 1.52 bits per heavy atom. The molecule has 0 atom stereocenters. The lowest BCUT2D eigenvalue weighted by Gasteiger charge is -2.09. The molecule has 3 aromatic rings. The summed E-state index contributed by atoms with van der Waals surface area (Å²) < 4.78 is 64.2. The highest BCUT2D eigenvalue weighted by Crippen LogP contribution is 2.40. The lowest BCUT2D eigenvalue weighted by molar-refractivity contribution is 0.471. The zero-order valence-corrected chi connectivity index (χ0v) is 16.0. The van der Waals surface area contributed by atoms with Gasteiger partial charge in [-0.1, -0.05) is 6.07 Å². The van der Waals surface area contributed by atoms with Crippen molar-refractivity contribution in [1.82, 2.24) is 0 Å². The van der Waals surface area contributed by atoms with Gasteiger partial charge in [0.05, 0.1) is 16.0 Å². The van der Waals surface area contributed by atoms with Gasteiger partial charge in [0.1, 0.15) is 22.0 Å². The smallest absolute Gasteiger partial charge is 0.296 e. The number of nitrogen functional groups attached to an aromatic ring is 2. The van der Waals surface area contributed by atoms with Crippen molar-refractivity contribution in [1.29, 1.82) is 0 Å². The van der Waals surface area contributed by atoms with Crippen LogP contribution in [-0.2, 0) is 20.2 Å². The number of hydrogen-bond acceptors (Lipinski definition) is 9. The van der Waals surface area contributed by atoms with Crippen molar-refractivity contribution in [2.45, 2.75) is 9.79 Å². The van der Waals surface area contributed by atoms with Gasteiger partial charge in [-0.25, -0.2) is 0 Å². The van der Waals surface area contributed by atoms with Crippen LogP contribution in [0.4, 0.5) is 22.7 Å². The SMILES string of the molecule is Nc1ccc(S(=O)(=O)O)c(N=Nc2c(N)ccc3cc(S(=O)(=O)O)cc(O)c23)c1. The van der Waals surface area contributed by atoms with Crippen molar-refractivity contribution in [2.75, 3.05) is 11.5 Å². The van der Waals surface area contributed by atoms with E-state index in [-0.39, 0.29) is 33.5 Å². The number of fused-ring (bicyclic) bond motifs is 1. The number of phenolic OH excluding ortho intramolecular Hbond substituents is 1. The summed E-state index contributed by atoms with van der Waals surface area (Å²) in [5.74, 6) is -0.557. The topological polar surface area (TPSA) is 206 Å². The van der Waals surface area contributed by atoms with Crippen LogP contribution in [0.1, 0.15) is 0 Å². The Morgan fingerprint density at radius 3 is 2.14 bits per heavy atom. The molecule has 0 aromatic heterocycles. The van der Waals surface area contributed by atoms with Crippen LogP contribution >= 0.6 is 0 Å². The molecule has 0 aliphatic heterocycles. The number of benzene rings is 3. The molecule has 0 fully saturated rings. The van der Waals surface area contributed by atoms with E-state index in [0.29, 0.717) is 0 Å². The van der Waals surface area contributed by atoms with Crippen molar-refractivity contribution in [2.24, 2.45) is 10.2 Å². The predicted molar refractivity (Wildman–Crippen MR) is 105 cm³/mol. The van der Waals surface area contributed by atoms with Crippen LogP contribution in [-0.4, -0.2) is 31.0 Å². The van der Waals surface area contributed by atoms with E-state index in [2.05, 4.69) is 10.2 Å². The second-order valence-corrected chi connectivity index (χ2v) is 8.73. The maximum absolute atomic E-state index is 11.5. The summed E-state index contributed by atoms with van der Waals surface area (Å²) in [6.07, 6.45) is 0. The average molecular weight is 438 g/mol.